The lowest BCUT2D eigenvalue weighted by molar-refractivity contribution is -0.135. The molecule has 0 radical (unpaired) electrons. The van der Waals surface area contributed by atoms with E-state index in [4.69, 9.17) is 10.5 Å². The molecule has 0 aromatic rings. The van der Waals surface area contributed by atoms with Crippen molar-refractivity contribution in [1.29, 1.82) is 0 Å². The summed E-state index contributed by atoms with van der Waals surface area (Å²) < 4.78 is 4.99. The summed E-state index contributed by atoms with van der Waals surface area (Å²) in [6, 6.07) is -0.199. The summed E-state index contributed by atoms with van der Waals surface area (Å²) >= 11 is 0. The number of nitrogens with two attached hydrogens (primary N) is 1. The standard InChI is InChI=1S/C12H27N3O2/c1-6-15(7-2)12(16)10(3)14(4)8-11(13)9-17-5/h10-11H,6-9,13H2,1-5H3. The Kier molecular flexibility index (Phi) is 8.12. The zero-order valence-corrected chi connectivity index (χ0v) is 11.8. The lowest BCUT2D eigenvalue weighted by Crippen LogP contribution is -2.49. The minimum Gasteiger partial charge on any atom is -0.383 e. The maximum absolute atomic E-state index is 12.1. The molecule has 0 aromatic carbocycles. The fourth-order valence-electron chi connectivity index (χ4n) is 1.78. The molecule has 17 heavy (non-hydrogen) atoms. The van der Waals surface area contributed by atoms with Gasteiger partial charge in [-0.2, -0.15) is 0 Å². The van der Waals surface area contributed by atoms with Gasteiger partial charge in [0, 0.05) is 32.8 Å². The third kappa shape index (κ3) is 5.48. The van der Waals surface area contributed by atoms with Crippen molar-refractivity contribution >= 4 is 5.91 Å². The molecule has 0 saturated carbocycles. The average Bonchev–Trinajstić information content (AvgIpc) is 2.29. The molecular formula is C12H27N3O2. The van der Waals surface area contributed by atoms with Crippen LogP contribution in [-0.2, 0) is 9.53 Å². The molecule has 1 amide bonds. The molecule has 102 valence electrons. The summed E-state index contributed by atoms with van der Waals surface area (Å²) in [5.41, 5.74) is 5.87. The van der Waals surface area contributed by atoms with Crippen molar-refractivity contribution in [2.75, 3.05) is 40.4 Å². The molecule has 0 fully saturated rings. The number of nitrogens with zero attached hydrogens (tertiary/aromatic N) is 2. The van der Waals surface area contributed by atoms with Gasteiger partial charge in [-0.05, 0) is 27.8 Å². The van der Waals surface area contributed by atoms with E-state index in [0.717, 1.165) is 13.1 Å². The van der Waals surface area contributed by atoms with Gasteiger partial charge in [-0.25, -0.2) is 0 Å². The van der Waals surface area contributed by atoms with Crippen LogP contribution in [-0.4, -0.2) is 68.2 Å². The van der Waals surface area contributed by atoms with E-state index in [2.05, 4.69) is 0 Å². The molecule has 2 unspecified atom stereocenters. The highest BCUT2D eigenvalue weighted by atomic mass is 16.5. The maximum Gasteiger partial charge on any atom is 0.239 e. The normalized spacial score (nSPS) is 14.8. The highest BCUT2D eigenvalue weighted by molar-refractivity contribution is 5.81. The van der Waals surface area contributed by atoms with Crippen LogP contribution in [0.5, 0.6) is 0 Å². The van der Waals surface area contributed by atoms with Crippen molar-refractivity contribution in [2.45, 2.75) is 32.9 Å². The number of carbonyl (C=O) groups is 1. The molecule has 0 rings (SSSR count). The van der Waals surface area contributed by atoms with E-state index in [1.54, 1.807) is 7.11 Å². The second-order valence-corrected chi connectivity index (χ2v) is 4.34. The first-order chi connectivity index (χ1) is 7.97. The summed E-state index contributed by atoms with van der Waals surface area (Å²) in [7, 11) is 3.55. The summed E-state index contributed by atoms with van der Waals surface area (Å²) in [6.45, 7) is 8.56. The van der Waals surface area contributed by atoms with Gasteiger partial charge in [0.05, 0.1) is 12.6 Å². The number of ether oxygens (including phenoxy) is 1. The highest BCUT2D eigenvalue weighted by Gasteiger charge is 2.23. The van der Waals surface area contributed by atoms with Crippen LogP contribution in [0.25, 0.3) is 0 Å². The summed E-state index contributed by atoms with van der Waals surface area (Å²) in [4.78, 5) is 15.9. The van der Waals surface area contributed by atoms with E-state index < -0.39 is 0 Å². The molecule has 5 heteroatoms. The van der Waals surface area contributed by atoms with E-state index in [0.29, 0.717) is 13.2 Å². The Bertz CT molecular complexity index is 220. The topological polar surface area (TPSA) is 58.8 Å². The fraction of sp³-hybridized carbons (Fsp3) is 0.917. The molecule has 0 aliphatic rings. The Morgan fingerprint density at radius 2 is 1.88 bits per heavy atom. The Morgan fingerprint density at radius 1 is 1.35 bits per heavy atom. The smallest absolute Gasteiger partial charge is 0.239 e. The number of likely N-dealkylation sites (N-methyl/N-ethyl adjacent to an activating group) is 2. The number of hydrogen-bond donors (Lipinski definition) is 1. The second-order valence-electron chi connectivity index (χ2n) is 4.34. The number of amides is 1. The van der Waals surface area contributed by atoms with Crippen molar-refractivity contribution < 1.29 is 9.53 Å². The van der Waals surface area contributed by atoms with Gasteiger partial charge in [0.25, 0.3) is 0 Å². The van der Waals surface area contributed by atoms with E-state index in [-0.39, 0.29) is 18.0 Å². The summed E-state index contributed by atoms with van der Waals surface area (Å²) in [5, 5.41) is 0. The van der Waals surface area contributed by atoms with Crippen LogP contribution < -0.4 is 5.73 Å². The van der Waals surface area contributed by atoms with Crippen molar-refractivity contribution in [2.24, 2.45) is 5.73 Å². The first kappa shape index (κ1) is 16.4. The van der Waals surface area contributed by atoms with Crippen molar-refractivity contribution in [3.63, 3.8) is 0 Å². The minimum absolute atomic E-state index is 0.0584. The minimum atomic E-state index is -0.141. The molecule has 0 heterocycles. The third-order valence-electron chi connectivity index (χ3n) is 3.00. The zero-order chi connectivity index (χ0) is 13.4. The van der Waals surface area contributed by atoms with Crippen molar-refractivity contribution in [1.82, 2.24) is 9.80 Å². The van der Waals surface area contributed by atoms with Gasteiger partial charge >= 0.3 is 0 Å². The molecule has 0 bridgehead atoms. The average molecular weight is 245 g/mol. The Labute approximate surface area is 105 Å². The lowest BCUT2D eigenvalue weighted by atomic mass is 10.2. The SMILES string of the molecule is CCN(CC)C(=O)C(C)N(C)CC(N)COC. The second kappa shape index (κ2) is 8.44. The van der Waals surface area contributed by atoms with E-state index >= 15 is 0 Å². The fourth-order valence-corrected chi connectivity index (χ4v) is 1.78. The predicted molar refractivity (Wildman–Crippen MR) is 69.9 cm³/mol. The van der Waals surface area contributed by atoms with Crippen LogP contribution in [0.4, 0.5) is 0 Å². The summed E-state index contributed by atoms with van der Waals surface area (Å²) in [6.07, 6.45) is 0. The number of methoxy groups -OCH3 is 1. The van der Waals surface area contributed by atoms with Crippen LogP contribution in [0.1, 0.15) is 20.8 Å². The molecule has 2 N–H and O–H groups in total. The van der Waals surface area contributed by atoms with Crippen LogP contribution in [0, 0.1) is 0 Å². The maximum atomic E-state index is 12.1. The lowest BCUT2D eigenvalue weighted by Gasteiger charge is -2.30. The largest absolute Gasteiger partial charge is 0.383 e. The molecule has 0 spiro atoms. The van der Waals surface area contributed by atoms with Crippen LogP contribution in [0.3, 0.4) is 0 Å². The molecule has 0 aliphatic heterocycles. The Hall–Kier alpha value is -0.650. The van der Waals surface area contributed by atoms with Gasteiger partial charge in [-0.1, -0.05) is 0 Å². The number of carbonyl (C=O) groups excluding carboxylic acids is 1. The number of hydrogen-bond acceptors (Lipinski definition) is 4. The Morgan fingerprint density at radius 3 is 2.29 bits per heavy atom. The van der Waals surface area contributed by atoms with Crippen molar-refractivity contribution in [3.8, 4) is 0 Å². The van der Waals surface area contributed by atoms with E-state index in [9.17, 15) is 4.79 Å². The molecule has 2 atom stereocenters. The van der Waals surface area contributed by atoms with Gasteiger partial charge in [-0.3, -0.25) is 9.69 Å². The number of rotatable bonds is 8. The highest BCUT2D eigenvalue weighted by Crippen LogP contribution is 2.02. The van der Waals surface area contributed by atoms with Crippen molar-refractivity contribution in [3.05, 3.63) is 0 Å². The van der Waals surface area contributed by atoms with E-state index in [1.807, 2.05) is 37.6 Å². The Balaban J connectivity index is 4.28. The third-order valence-corrected chi connectivity index (χ3v) is 3.00. The van der Waals surface area contributed by atoms with E-state index in [1.165, 1.54) is 0 Å². The summed E-state index contributed by atoms with van der Waals surface area (Å²) in [5.74, 6) is 0.155. The van der Waals surface area contributed by atoms with Gasteiger partial charge in [0.15, 0.2) is 0 Å². The van der Waals surface area contributed by atoms with Gasteiger partial charge in [-0.15, -0.1) is 0 Å². The first-order valence-corrected chi connectivity index (χ1v) is 6.21. The monoisotopic (exact) mass is 245 g/mol. The van der Waals surface area contributed by atoms with Gasteiger partial charge in [0.1, 0.15) is 0 Å². The molecule has 0 aromatic heterocycles. The molecule has 0 saturated heterocycles. The van der Waals surface area contributed by atoms with Gasteiger partial charge in [0.2, 0.25) is 5.91 Å². The molecule has 0 aliphatic carbocycles. The quantitative estimate of drug-likeness (QED) is 0.661. The van der Waals surface area contributed by atoms with Crippen LogP contribution in [0.2, 0.25) is 0 Å². The van der Waals surface area contributed by atoms with Gasteiger partial charge < -0.3 is 15.4 Å². The first-order valence-electron chi connectivity index (χ1n) is 6.21. The van der Waals surface area contributed by atoms with Crippen LogP contribution >= 0.6 is 0 Å². The molecule has 5 nitrogen and oxygen atoms in total. The molecular weight excluding hydrogens is 218 g/mol. The van der Waals surface area contributed by atoms with Crippen LogP contribution in [0.15, 0.2) is 0 Å². The zero-order valence-electron chi connectivity index (χ0n) is 11.8. The predicted octanol–water partition coefficient (Wildman–Crippen LogP) is 0.149.